The summed E-state index contributed by atoms with van der Waals surface area (Å²) in [4.78, 5) is 7.14. The van der Waals surface area contributed by atoms with Crippen molar-refractivity contribution in [2.45, 2.75) is 25.9 Å². The van der Waals surface area contributed by atoms with E-state index >= 15 is 0 Å². The summed E-state index contributed by atoms with van der Waals surface area (Å²) in [6.07, 6.45) is -3.50. The van der Waals surface area contributed by atoms with E-state index in [0.29, 0.717) is 0 Å². The van der Waals surface area contributed by atoms with Crippen LogP contribution >= 0.6 is 0 Å². The fraction of sp³-hybridized carbons (Fsp3) is 0.444. The highest BCUT2D eigenvalue weighted by molar-refractivity contribution is 5.53. The molecular formula is C9H10F3N5. The highest BCUT2D eigenvalue weighted by atomic mass is 19.4. The standard InChI is InChI=1S/C9H10F3N5/c1-4(2)7-15-6(9(10,11)12)5-3-14-8(13)16-17(5)7/h3-4H,1-2H3,(H2,13,16). The predicted octanol–water partition coefficient (Wildman–Crippen LogP) is 1.85. The number of nitrogens with zero attached hydrogens (tertiary/aromatic N) is 4. The summed E-state index contributed by atoms with van der Waals surface area (Å²) >= 11 is 0. The van der Waals surface area contributed by atoms with Gasteiger partial charge in [-0.25, -0.2) is 14.5 Å². The van der Waals surface area contributed by atoms with Crippen LogP contribution in [0.3, 0.4) is 0 Å². The van der Waals surface area contributed by atoms with Crippen LogP contribution in [0.4, 0.5) is 19.1 Å². The molecule has 0 unspecified atom stereocenters. The summed E-state index contributed by atoms with van der Waals surface area (Å²) in [7, 11) is 0. The molecule has 0 aliphatic rings. The van der Waals surface area contributed by atoms with E-state index < -0.39 is 11.9 Å². The minimum Gasteiger partial charge on any atom is -0.367 e. The fourth-order valence-corrected chi connectivity index (χ4v) is 1.50. The van der Waals surface area contributed by atoms with E-state index in [-0.39, 0.29) is 23.2 Å². The lowest BCUT2D eigenvalue weighted by atomic mass is 10.2. The molecule has 17 heavy (non-hydrogen) atoms. The van der Waals surface area contributed by atoms with Crippen LogP contribution in [0.1, 0.15) is 31.3 Å². The first-order chi connectivity index (χ1) is 7.80. The van der Waals surface area contributed by atoms with Gasteiger partial charge in [-0.05, 0) is 0 Å². The van der Waals surface area contributed by atoms with Gasteiger partial charge >= 0.3 is 6.18 Å². The Labute approximate surface area is 94.5 Å². The Hall–Kier alpha value is -1.86. The minimum absolute atomic E-state index is 0.0921. The van der Waals surface area contributed by atoms with Crippen molar-refractivity contribution >= 4 is 11.5 Å². The van der Waals surface area contributed by atoms with Gasteiger partial charge in [0, 0.05) is 5.92 Å². The number of nitrogens with two attached hydrogens (primary N) is 1. The van der Waals surface area contributed by atoms with E-state index in [9.17, 15) is 13.2 Å². The van der Waals surface area contributed by atoms with Gasteiger partial charge in [-0.2, -0.15) is 13.2 Å². The fourth-order valence-electron chi connectivity index (χ4n) is 1.50. The number of hydrogen-bond donors (Lipinski definition) is 1. The topological polar surface area (TPSA) is 69.1 Å². The molecule has 0 bridgehead atoms. The zero-order valence-corrected chi connectivity index (χ0v) is 9.15. The highest BCUT2D eigenvalue weighted by Crippen LogP contribution is 2.33. The highest BCUT2D eigenvalue weighted by Gasteiger charge is 2.37. The smallest absolute Gasteiger partial charge is 0.367 e. The Morgan fingerprint density at radius 3 is 2.53 bits per heavy atom. The molecule has 2 aromatic heterocycles. The Morgan fingerprint density at radius 1 is 1.35 bits per heavy atom. The van der Waals surface area contributed by atoms with Gasteiger partial charge in [0.2, 0.25) is 5.95 Å². The molecule has 0 amide bonds. The SMILES string of the molecule is CC(C)c1nc(C(F)(F)F)c2cnc(N)nn12. The summed E-state index contributed by atoms with van der Waals surface area (Å²) in [6, 6.07) is 0. The largest absolute Gasteiger partial charge is 0.435 e. The lowest BCUT2D eigenvalue weighted by Crippen LogP contribution is -2.07. The Bertz CT molecular complexity index is 557. The number of alkyl halides is 3. The maximum Gasteiger partial charge on any atom is 0.435 e. The van der Waals surface area contributed by atoms with Crippen LogP contribution in [-0.4, -0.2) is 19.6 Å². The molecule has 0 aliphatic carbocycles. The molecule has 2 heterocycles. The molecule has 5 nitrogen and oxygen atoms in total. The average Bonchev–Trinajstić information content (AvgIpc) is 2.55. The summed E-state index contributed by atoms with van der Waals surface area (Å²) < 4.78 is 39.3. The van der Waals surface area contributed by atoms with Crippen LogP contribution in [-0.2, 0) is 6.18 Å². The Morgan fingerprint density at radius 2 is 2.00 bits per heavy atom. The maximum atomic E-state index is 12.7. The van der Waals surface area contributed by atoms with Crippen molar-refractivity contribution in [3.8, 4) is 0 Å². The Kier molecular flexibility index (Phi) is 2.44. The second kappa shape index (κ2) is 3.57. The molecular weight excluding hydrogens is 235 g/mol. The molecule has 0 fully saturated rings. The van der Waals surface area contributed by atoms with Crippen LogP contribution in [0, 0.1) is 0 Å². The van der Waals surface area contributed by atoms with E-state index in [1.54, 1.807) is 13.8 Å². The minimum atomic E-state index is -4.53. The first-order valence-electron chi connectivity index (χ1n) is 4.89. The molecule has 0 saturated carbocycles. The molecule has 8 heteroatoms. The van der Waals surface area contributed by atoms with Crippen molar-refractivity contribution in [3.63, 3.8) is 0 Å². The van der Waals surface area contributed by atoms with Crippen LogP contribution < -0.4 is 5.73 Å². The second-order valence-corrected chi connectivity index (χ2v) is 3.88. The molecule has 2 aromatic rings. The monoisotopic (exact) mass is 245 g/mol. The molecule has 0 saturated heterocycles. The lowest BCUT2D eigenvalue weighted by molar-refractivity contribution is -0.139. The number of imidazole rings is 1. The van der Waals surface area contributed by atoms with Gasteiger partial charge < -0.3 is 5.73 Å². The van der Waals surface area contributed by atoms with Gasteiger partial charge in [0.15, 0.2) is 5.69 Å². The van der Waals surface area contributed by atoms with E-state index in [0.717, 1.165) is 10.7 Å². The third kappa shape index (κ3) is 1.90. The molecule has 92 valence electrons. The van der Waals surface area contributed by atoms with Crippen LogP contribution in [0.25, 0.3) is 5.52 Å². The molecule has 0 spiro atoms. The zero-order valence-electron chi connectivity index (χ0n) is 9.15. The summed E-state index contributed by atoms with van der Waals surface area (Å²) in [5.74, 6) is -0.0835. The number of aromatic nitrogens is 4. The third-order valence-electron chi connectivity index (χ3n) is 2.22. The van der Waals surface area contributed by atoms with Gasteiger partial charge in [-0.3, -0.25) is 0 Å². The average molecular weight is 245 g/mol. The molecule has 0 aliphatic heterocycles. The van der Waals surface area contributed by atoms with Crippen LogP contribution in [0.15, 0.2) is 6.20 Å². The number of halogens is 3. The third-order valence-corrected chi connectivity index (χ3v) is 2.22. The Balaban J connectivity index is 2.80. The molecule has 2 rings (SSSR count). The number of rotatable bonds is 1. The van der Waals surface area contributed by atoms with Gasteiger partial charge in [0.05, 0.1) is 6.20 Å². The van der Waals surface area contributed by atoms with Gasteiger partial charge in [0.25, 0.3) is 0 Å². The van der Waals surface area contributed by atoms with E-state index in [4.69, 9.17) is 5.73 Å². The summed E-state index contributed by atoms with van der Waals surface area (Å²) in [5, 5.41) is 3.75. The maximum absolute atomic E-state index is 12.7. The van der Waals surface area contributed by atoms with E-state index in [2.05, 4.69) is 15.1 Å². The summed E-state index contributed by atoms with van der Waals surface area (Å²) in [6.45, 7) is 3.46. The van der Waals surface area contributed by atoms with Crippen molar-refractivity contribution < 1.29 is 13.2 Å². The quantitative estimate of drug-likeness (QED) is 0.832. The summed E-state index contributed by atoms with van der Waals surface area (Å²) in [5.41, 5.74) is 4.19. The number of anilines is 1. The first kappa shape index (κ1) is 11.6. The van der Waals surface area contributed by atoms with Gasteiger partial charge in [0.1, 0.15) is 11.3 Å². The van der Waals surface area contributed by atoms with Gasteiger partial charge in [-0.1, -0.05) is 13.8 Å². The van der Waals surface area contributed by atoms with Crippen molar-refractivity contribution in [1.82, 2.24) is 19.6 Å². The van der Waals surface area contributed by atoms with Crippen LogP contribution in [0.5, 0.6) is 0 Å². The molecule has 0 radical (unpaired) electrons. The van der Waals surface area contributed by atoms with Gasteiger partial charge in [-0.15, -0.1) is 5.10 Å². The van der Waals surface area contributed by atoms with Crippen molar-refractivity contribution in [2.24, 2.45) is 0 Å². The van der Waals surface area contributed by atoms with Crippen molar-refractivity contribution in [3.05, 3.63) is 17.7 Å². The molecule has 2 N–H and O–H groups in total. The normalized spacial score (nSPS) is 12.6. The first-order valence-corrected chi connectivity index (χ1v) is 4.89. The second-order valence-electron chi connectivity index (χ2n) is 3.88. The van der Waals surface area contributed by atoms with E-state index in [1.165, 1.54) is 0 Å². The lowest BCUT2D eigenvalue weighted by Gasteiger charge is -2.02. The molecule has 0 atom stereocenters. The van der Waals surface area contributed by atoms with Crippen molar-refractivity contribution in [2.75, 3.05) is 5.73 Å². The van der Waals surface area contributed by atoms with E-state index in [1.807, 2.05) is 0 Å². The zero-order chi connectivity index (χ0) is 12.8. The number of fused-ring (bicyclic) bond motifs is 1. The van der Waals surface area contributed by atoms with Crippen LogP contribution in [0.2, 0.25) is 0 Å². The molecule has 0 aromatic carbocycles. The van der Waals surface area contributed by atoms with Crippen molar-refractivity contribution in [1.29, 1.82) is 0 Å². The number of nitrogen functional groups attached to an aromatic ring is 1. The number of hydrogen-bond acceptors (Lipinski definition) is 4. The predicted molar refractivity (Wildman–Crippen MR) is 54.3 cm³/mol.